The summed E-state index contributed by atoms with van der Waals surface area (Å²) < 4.78 is 6.48. The highest BCUT2D eigenvalue weighted by Crippen LogP contribution is 2.47. The van der Waals surface area contributed by atoms with E-state index < -0.39 is 0 Å². The summed E-state index contributed by atoms with van der Waals surface area (Å²) in [4.78, 5) is 4.85. The molecule has 1 fully saturated rings. The highest BCUT2D eigenvalue weighted by Gasteiger charge is 2.29. The molecule has 0 saturated carbocycles. The molecule has 1 saturated heterocycles. The van der Waals surface area contributed by atoms with Gasteiger partial charge in [0.15, 0.2) is 0 Å². The summed E-state index contributed by atoms with van der Waals surface area (Å²) in [6, 6.07) is 20.9. The van der Waals surface area contributed by atoms with Gasteiger partial charge in [-0.1, -0.05) is 48.6 Å². The summed E-state index contributed by atoms with van der Waals surface area (Å²) in [7, 11) is 2.18. The molecule has 0 spiro atoms. The number of benzene rings is 3. The van der Waals surface area contributed by atoms with E-state index in [1.165, 1.54) is 0 Å². The Morgan fingerprint density at radius 1 is 0.914 bits per heavy atom. The Bertz CT molecular complexity index is 1250. The molecule has 180 valence electrons. The van der Waals surface area contributed by atoms with Crippen molar-refractivity contribution in [1.82, 2.24) is 9.80 Å². The maximum absolute atomic E-state index is 10.1. The fraction of sp³-hybridized carbons (Fsp3) is 0.267. The molecule has 2 aliphatic rings. The van der Waals surface area contributed by atoms with E-state index in [4.69, 9.17) is 4.74 Å². The second-order valence-electron chi connectivity index (χ2n) is 9.44. The first-order chi connectivity index (χ1) is 17.0. The Morgan fingerprint density at radius 3 is 2.40 bits per heavy atom. The van der Waals surface area contributed by atoms with Crippen molar-refractivity contribution in [3.05, 3.63) is 95.1 Å². The molecule has 0 radical (unpaired) electrons. The van der Waals surface area contributed by atoms with Crippen molar-refractivity contribution in [2.45, 2.75) is 13.0 Å². The van der Waals surface area contributed by atoms with Gasteiger partial charge in [0.25, 0.3) is 0 Å². The minimum absolute atomic E-state index is 0.202. The van der Waals surface area contributed by atoms with Crippen LogP contribution in [0.25, 0.3) is 17.2 Å². The molecule has 0 aromatic heterocycles. The van der Waals surface area contributed by atoms with E-state index in [0.29, 0.717) is 0 Å². The van der Waals surface area contributed by atoms with Crippen LogP contribution in [0.3, 0.4) is 0 Å². The largest absolute Gasteiger partial charge is 0.508 e. The van der Waals surface area contributed by atoms with Gasteiger partial charge in [0.2, 0.25) is 0 Å². The highest BCUT2D eigenvalue weighted by atomic mass is 16.5. The minimum atomic E-state index is -0.322. The average Bonchev–Trinajstić information content (AvgIpc) is 2.86. The van der Waals surface area contributed by atoms with Crippen molar-refractivity contribution in [3.63, 3.8) is 0 Å². The van der Waals surface area contributed by atoms with E-state index in [1.54, 1.807) is 24.3 Å². The monoisotopic (exact) mass is 468 g/mol. The summed E-state index contributed by atoms with van der Waals surface area (Å²) in [5, 5.41) is 20.2. The SMILES string of the molecule is CC1=C(c2cccc(O)c2)C(c2ccc(/C=C\CN3CCN(C)CC3)cc2)Oc2ccc(O)cc21. The van der Waals surface area contributed by atoms with E-state index in [0.717, 1.165) is 71.9 Å². The van der Waals surface area contributed by atoms with E-state index >= 15 is 0 Å². The van der Waals surface area contributed by atoms with Crippen molar-refractivity contribution in [1.29, 1.82) is 0 Å². The second-order valence-corrected chi connectivity index (χ2v) is 9.44. The predicted octanol–water partition coefficient (Wildman–Crippen LogP) is 5.42. The van der Waals surface area contributed by atoms with Crippen LogP contribution in [0.1, 0.15) is 35.3 Å². The first-order valence-electron chi connectivity index (χ1n) is 12.2. The zero-order valence-corrected chi connectivity index (χ0v) is 20.3. The minimum Gasteiger partial charge on any atom is -0.508 e. The van der Waals surface area contributed by atoms with Crippen LogP contribution in [0.4, 0.5) is 0 Å². The maximum atomic E-state index is 10.1. The van der Waals surface area contributed by atoms with Crippen LogP contribution in [0.2, 0.25) is 0 Å². The van der Waals surface area contributed by atoms with E-state index in [1.807, 2.05) is 25.1 Å². The van der Waals surface area contributed by atoms with Gasteiger partial charge in [0, 0.05) is 43.9 Å². The number of fused-ring (bicyclic) bond motifs is 1. The standard InChI is InChI=1S/C30H32N2O3/c1-21-27-20-26(34)12-13-28(27)35-30(29(21)24-6-3-7-25(33)19-24)23-10-8-22(9-11-23)5-4-14-32-17-15-31(2)16-18-32/h3-13,19-20,30,33-34H,14-18H2,1-2H3/b5-4-. The summed E-state index contributed by atoms with van der Waals surface area (Å²) >= 11 is 0. The lowest BCUT2D eigenvalue weighted by Crippen LogP contribution is -2.44. The molecule has 35 heavy (non-hydrogen) atoms. The molecular weight excluding hydrogens is 436 g/mol. The van der Waals surface area contributed by atoms with Gasteiger partial charge in [0.05, 0.1) is 0 Å². The quantitative estimate of drug-likeness (QED) is 0.524. The first-order valence-corrected chi connectivity index (χ1v) is 12.2. The molecule has 2 N–H and O–H groups in total. The molecule has 2 aliphatic heterocycles. The van der Waals surface area contributed by atoms with E-state index in [2.05, 4.69) is 53.3 Å². The van der Waals surface area contributed by atoms with Crippen molar-refractivity contribution < 1.29 is 14.9 Å². The molecular formula is C30H32N2O3. The lowest BCUT2D eigenvalue weighted by atomic mass is 9.86. The Kier molecular flexibility index (Phi) is 6.62. The maximum Gasteiger partial charge on any atom is 0.150 e. The summed E-state index contributed by atoms with van der Waals surface area (Å²) in [6.07, 6.45) is 4.10. The Morgan fingerprint density at radius 2 is 1.66 bits per heavy atom. The normalized spacial score (nSPS) is 19.1. The third kappa shape index (κ3) is 5.11. The van der Waals surface area contributed by atoms with Gasteiger partial charge >= 0.3 is 0 Å². The number of phenolic OH excluding ortho intramolecular Hbond substituents is 2. The highest BCUT2D eigenvalue weighted by molar-refractivity contribution is 5.95. The Hall–Kier alpha value is -3.54. The Balaban J connectivity index is 1.41. The molecule has 5 rings (SSSR count). The third-order valence-corrected chi connectivity index (χ3v) is 6.94. The van der Waals surface area contributed by atoms with Gasteiger partial charge in [-0.05, 0) is 66.6 Å². The molecule has 0 bridgehead atoms. The van der Waals surface area contributed by atoms with Crippen LogP contribution in [-0.2, 0) is 0 Å². The fourth-order valence-corrected chi connectivity index (χ4v) is 4.87. The van der Waals surface area contributed by atoms with Gasteiger partial charge < -0.3 is 19.8 Å². The topological polar surface area (TPSA) is 56.2 Å². The zero-order valence-electron chi connectivity index (χ0n) is 20.3. The molecule has 0 amide bonds. The van der Waals surface area contributed by atoms with Crippen LogP contribution in [0.5, 0.6) is 17.2 Å². The van der Waals surface area contributed by atoms with E-state index in [9.17, 15) is 10.2 Å². The average molecular weight is 469 g/mol. The predicted molar refractivity (Wildman–Crippen MR) is 141 cm³/mol. The van der Waals surface area contributed by atoms with Crippen LogP contribution in [0, 0.1) is 0 Å². The lowest BCUT2D eigenvalue weighted by molar-refractivity contribution is 0.167. The molecule has 3 aromatic rings. The van der Waals surface area contributed by atoms with Gasteiger partial charge in [-0.2, -0.15) is 0 Å². The Labute approximate surface area is 207 Å². The number of ether oxygens (including phenoxy) is 1. The molecule has 1 unspecified atom stereocenters. The number of rotatable bonds is 5. The van der Waals surface area contributed by atoms with Crippen molar-refractivity contribution in [3.8, 4) is 17.2 Å². The number of phenols is 2. The fourth-order valence-electron chi connectivity index (χ4n) is 4.87. The molecule has 5 nitrogen and oxygen atoms in total. The molecule has 2 heterocycles. The molecule has 3 aromatic carbocycles. The van der Waals surface area contributed by atoms with Gasteiger partial charge in [0.1, 0.15) is 23.4 Å². The summed E-state index contributed by atoms with van der Waals surface area (Å²) in [6.45, 7) is 7.49. The number of likely N-dealkylation sites (N-methyl/N-ethyl adjacent to an activating group) is 1. The van der Waals surface area contributed by atoms with Gasteiger partial charge in [-0.3, -0.25) is 4.90 Å². The van der Waals surface area contributed by atoms with Crippen LogP contribution in [-0.4, -0.2) is 59.8 Å². The van der Waals surface area contributed by atoms with Crippen LogP contribution in [0.15, 0.2) is 72.8 Å². The van der Waals surface area contributed by atoms with Gasteiger partial charge in [-0.15, -0.1) is 0 Å². The van der Waals surface area contributed by atoms with Crippen molar-refractivity contribution in [2.75, 3.05) is 39.8 Å². The lowest BCUT2D eigenvalue weighted by Gasteiger charge is -2.31. The van der Waals surface area contributed by atoms with Crippen molar-refractivity contribution >= 4 is 17.2 Å². The number of aromatic hydroxyl groups is 2. The third-order valence-electron chi connectivity index (χ3n) is 6.94. The molecule has 0 aliphatic carbocycles. The number of piperazine rings is 1. The number of hydrogen-bond donors (Lipinski definition) is 2. The second kappa shape index (κ2) is 9.98. The summed E-state index contributed by atoms with van der Waals surface area (Å²) in [5.41, 5.74) is 5.97. The number of nitrogens with zero attached hydrogens (tertiary/aromatic N) is 2. The van der Waals surface area contributed by atoms with E-state index in [-0.39, 0.29) is 17.6 Å². The molecule has 5 heteroatoms. The number of allylic oxidation sites excluding steroid dienone is 1. The van der Waals surface area contributed by atoms with Gasteiger partial charge in [-0.25, -0.2) is 0 Å². The van der Waals surface area contributed by atoms with Crippen LogP contribution < -0.4 is 4.74 Å². The zero-order chi connectivity index (χ0) is 24.4. The smallest absolute Gasteiger partial charge is 0.150 e. The first kappa shape index (κ1) is 23.2. The molecule has 1 atom stereocenters. The summed E-state index contributed by atoms with van der Waals surface area (Å²) in [5.74, 6) is 1.16. The van der Waals surface area contributed by atoms with Crippen LogP contribution >= 0.6 is 0 Å². The number of hydrogen-bond acceptors (Lipinski definition) is 5. The van der Waals surface area contributed by atoms with Crippen molar-refractivity contribution in [2.24, 2.45) is 0 Å².